The molecule has 2 aromatic rings. The lowest BCUT2D eigenvalue weighted by Gasteiger charge is -2.04. The quantitative estimate of drug-likeness (QED) is 0.786. The number of carbonyl (C=O) groups is 1. The standard InChI is InChI=1S/C14H14O6S/c1-18-10-3-6-12(7-4-10)21(16,17)9-11-5-8-13(20-11)14(15)19-2/h3-8H,9H2,1-2H3. The van der Waals surface area contributed by atoms with E-state index in [9.17, 15) is 13.2 Å². The third kappa shape index (κ3) is 3.43. The summed E-state index contributed by atoms with van der Waals surface area (Å²) in [7, 11) is -0.837. The van der Waals surface area contributed by atoms with E-state index in [0.717, 1.165) is 0 Å². The molecule has 0 radical (unpaired) electrons. The van der Waals surface area contributed by atoms with Gasteiger partial charge < -0.3 is 13.9 Å². The highest BCUT2D eigenvalue weighted by Gasteiger charge is 2.19. The lowest BCUT2D eigenvalue weighted by molar-refractivity contribution is 0.0563. The van der Waals surface area contributed by atoms with Crippen molar-refractivity contribution in [1.82, 2.24) is 0 Å². The van der Waals surface area contributed by atoms with Gasteiger partial charge in [0.2, 0.25) is 5.76 Å². The molecule has 2 rings (SSSR count). The molecule has 0 unspecified atom stereocenters. The maximum atomic E-state index is 12.2. The molecule has 0 atom stereocenters. The summed E-state index contributed by atoms with van der Waals surface area (Å²) in [6.07, 6.45) is 0. The average Bonchev–Trinajstić information content (AvgIpc) is 2.94. The molecule has 112 valence electrons. The highest BCUT2D eigenvalue weighted by Crippen LogP contribution is 2.21. The van der Waals surface area contributed by atoms with Gasteiger partial charge in [0.05, 0.1) is 19.1 Å². The SMILES string of the molecule is COC(=O)c1ccc(CS(=O)(=O)c2ccc(OC)cc2)o1. The normalized spacial score (nSPS) is 11.1. The predicted octanol–water partition coefficient (Wildman–Crippen LogP) is 2.05. The van der Waals surface area contributed by atoms with Crippen LogP contribution in [0.2, 0.25) is 0 Å². The van der Waals surface area contributed by atoms with Gasteiger partial charge in [0.15, 0.2) is 9.84 Å². The highest BCUT2D eigenvalue weighted by molar-refractivity contribution is 7.90. The first-order valence-electron chi connectivity index (χ1n) is 6.00. The van der Waals surface area contributed by atoms with Gasteiger partial charge in [-0.1, -0.05) is 0 Å². The second-order valence-corrected chi connectivity index (χ2v) is 6.18. The number of benzene rings is 1. The largest absolute Gasteiger partial charge is 0.497 e. The van der Waals surface area contributed by atoms with Crippen LogP contribution in [0.25, 0.3) is 0 Å². The van der Waals surface area contributed by atoms with Gasteiger partial charge in [-0.15, -0.1) is 0 Å². The van der Waals surface area contributed by atoms with E-state index in [4.69, 9.17) is 9.15 Å². The van der Waals surface area contributed by atoms with Crippen LogP contribution in [-0.4, -0.2) is 28.6 Å². The Morgan fingerprint density at radius 1 is 1.10 bits per heavy atom. The fourth-order valence-electron chi connectivity index (χ4n) is 1.72. The fraction of sp³-hybridized carbons (Fsp3) is 0.214. The Kier molecular flexibility index (Phi) is 4.32. The average molecular weight is 310 g/mol. The number of hydrogen-bond acceptors (Lipinski definition) is 6. The van der Waals surface area contributed by atoms with E-state index < -0.39 is 15.8 Å². The Morgan fingerprint density at radius 2 is 1.76 bits per heavy atom. The van der Waals surface area contributed by atoms with Crippen LogP contribution < -0.4 is 4.74 Å². The van der Waals surface area contributed by atoms with E-state index in [0.29, 0.717) is 5.75 Å². The summed E-state index contributed by atoms with van der Waals surface area (Å²) in [5.41, 5.74) is 0. The van der Waals surface area contributed by atoms with Crippen molar-refractivity contribution < 1.29 is 27.1 Å². The maximum absolute atomic E-state index is 12.2. The molecule has 1 heterocycles. The van der Waals surface area contributed by atoms with Gasteiger partial charge >= 0.3 is 5.97 Å². The summed E-state index contributed by atoms with van der Waals surface area (Å²) in [5.74, 6) is -0.275. The van der Waals surface area contributed by atoms with E-state index >= 15 is 0 Å². The number of methoxy groups -OCH3 is 2. The molecular formula is C14H14O6S. The molecule has 0 saturated heterocycles. The maximum Gasteiger partial charge on any atom is 0.373 e. The zero-order valence-corrected chi connectivity index (χ0v) is 12.3. The van der Waals surface area contributed by atoms with Gasteiger partial charge in [-0.2, -0.15) is 0 Å². The number of hydrogen-bond donors (Lipinski definition) is 0. The second kappa shape index (κ2) is 6.01. The van der Waals surface area contributed by atoms with E-state index in [2.05, 4.69) is 4.74 Å². The molecule has 21 heavy (non-hydrogen) atoms. The Labute approximate surface area is 122 Å². The summed E-state index contributed by atoms with van der Waals surface area (Å²) in [6.45, 7) is 0. The molecule has 1 aromatic carbocycles. The Morgan fingerprint density at radius 3 is 2.33 bits per heavy atom. The topological polar surface area (TPSA) is 82.8 Å². The number of esters is 1. The van der Waals surface area contributed by atoms with Crippen LogP contribution >= 0.6 is 0 Å². The lowest BCUT2D eigenvalue weighted by atomic mass is 10.3. The zero-order chi connectivity index (χ0) is 15.5. The third-order valence-corrected chi connectivity index (χ3v) is 4.45. The molecule has 6 nitrogen and oxygen atoms in total. The van der Waals surface area contributed by atoms with E-state index in [-0.39, 0.29) is 22.2 Å². The second-order valence-electron chi connectivity index (χ2n) is 4.19. The first kappa shape index (κ1) is 15.1. The van der Waals surface area contributed by atoms with Crippen molar-refractivity contribution in [3.05, 3.63) is 47.9 Å². The monoisotopic (exact) mass is 310 g/mol. The molecule has 0 saturated carbocycles. The first-order chi connectivity index (χ1) is 9.96. The molecule has 0 aliphatic rings. The van der Waals surface area contributed by atoms with Gasteiger partial charge in [0, 0.05) is 0 Å². The summed E-state index contributed by atoms with van der Waals surface area (Å²) in [6, 6.07) is 8.86. The lowest BCUT2D eigenvalue weighted by Crippen LogP contribution is -2.04. The van der Waals surface area contributed by atoms with Crippen molar-refractivity contribution in [3.8, 4) is 5.75 Å². The minimum atomic E-state index is -3.56. The van der Waals surface area contributed by atoms with Crippen LogP contribution in [0.1, 0.15) is 16.3 Å². The molecular weight excluding hydrogens is 296 g/mol. The zero-order valence-electron chi connectivity index (χ0n) is 11.5. The van der Waals surface area contributed by atoms with Gasteiger partial charge in [0.1, 0.15) is 17.3 Å². The Bertz CT molecular complexity index is 727. The van der Waals surface area contributed by atoms with Crippen LogP contribution in [0.4, 0.5) is 0 Å². The number of rotatable bonds is 5. The van der Waals surface area contributed by atoms with Crippen LogP contribution in [0.3, 0.4) is 0 Å². The minimum absolute atomic E-state index is 0.0302. The minimum Gasteiger partial charge on any atom is -0.497 e. The molecule has 7 heteroatoms. The van der Waals surface area contributed by atoms with Crippen molar-refractivity contribution in [2.75, 3.05) is 14.2 Å². The fourth-order valence-corrected chi connectivity index (χ4v) is 2.97. The molecule has 0 aliphatic carbocycles. The highest BCUT2D eigenvalue weighted by atomic mass is 32.2. The smallest absolute Gasteiger partial charge is 0.373 e. The van der Waals surface area contributed by atoms with Gasteiger partial charge in [-0.3, -0.25) is 0 Å². The Balaban J connectivity index is 2.20. The number of ether oxygens (including phenoxy) is 2. The molecule has 1 aromatic heterocycles. The van der Waals surface area contributed by atoms with Crippen molar-refractivity contribution >= 4 is 15.8 Å². The van der Waals surface area contributed by atoms with Gasteiger partial charge in [-0.25, -0.2) is 13.2 Å². The first-order valence-corrected chi connectivity index (χ1v) is 7.65. The molecule has 0 aliphatic heterocycles. The molecule has 0 bridgehead atoms. The molecule has 0 amide bonds. The van der Waals surface area contributed by atoms with Crippen LogP contribution in [0.15, 0.2) is 45.7 Å². The van der Waals surface area contributed by atoms with Crippen LogP contribution in [0, 0.1) is 0 Å². The van der Waals surface area contributed by atoms with E-state index in [1.807, 2.05) is 0 Å². The van der Waals surface area contributed by atoms with Crippen molar-refractivity contribution in [3.63, 3.8) is 0 Å². The predicted molar refractivity (Wildman–Crippen MR) is 73.9 cm³/mol. The molecule has 0 N–H and O–H groups in total. The van der Waals surface area contributed by atoms with Crippen molar-refractivity contribution in [1.29, 1.82) is 0 Å². The van der Waals surface area contributed by atoms with E-state index in [1.54, 1.807) is 12.1 Å². The van der Waals surface area contributed by atoms with Crippen molar-refractivity contribution in [2.45, 2.75) is 10.6 Å². The summed E-state index contributed by atoms with van der Waals surface area (Å²) >= 11 is 0. The molecule has 0 fully saturated rings. The summed E-state index contributed by atoms with van der Waals surface area (Å²) < 4.78 is 39.1. The van der Waals surface area contributed by atoms with Crippen LogP contribution in [-0.2, 0) is 20.3 Å². The van der Waals surface area contributed by atoms with E-state index in [1.165, 1.54) is 38.5 Å². The summed E-state index contributed by atoms with van der Waals surface area (Å²) in [5, 5.41) is 0. The van der Waals surface area contributed by atoms with Gasteiger partial charge in [-0.05, 0) is 36.4 Å². The number of carbonyl (C=O) groups excluding carboxylic acids is 1. The summed E-state index contributed by atoms with van der Waals surface area (Å²) in [4.78, 5) is 11.4. The van der Waals surface area contributed by atoms with Crippen LogP contribution in [0.5, 0.6) is 5.75 Å². The number of furan rings is 1. The van der Waals surface area contributed by atoms with Crippen molar-refractivity contribution in [2.24, 2.45) is 0 Å². The Hall–Kier alpha value is -2.28. The number of sulfone groups is 1. The van der Waals surface area contributed by atoms with Gasteiger partial charge in [0.25, 0.3) is 0 Å². The molecule has 0 spiro atoms. The third-order valence-electron chi connectivity index (χ3n) is 2.80.